The van der Waals surface area contributed by atoms with Crippen LogP contribution in [0.1, 0.15) is 18.5 Å². The van der Waals surface area contributed by atoms with E-state index in [-0.39, 0.29) is 6.04 Å². The average molecular weight is 202 g/mol. The molecule has 2 rings (SSSR count). The first-order valence-corrected chi connectivity index (χ1v) is 4.97. The SMILES string of the molecule is C[C@H](O)[C@@H](N)c1cnc2ccccc2c1. The molecule has 1 aromatic heterocycles. The Hall–Kier alpha value is -1.45. The van der Waals surface area contributed by atoms with E-state index in [1.54, 1.807) is 13.1 Å². The van der Waals surface area contributed by atoms with Gasteiger partial charge >= 0.3 is 0 Å². The van der Waals surface area contributed by atoms with Crippen LogP contribution in [0.5, 0.6) is 0 Å². The lowest BCUT2D eigenvalue weighted by Crippen LogP contribution is -2.23. The summed E-state index contributed by atoms with van der Waals surface area (Å²) in [6.45, 7) is 1.68. The molecule has 0 aliphatic heterocycles. The van der Waals surface area contributed by atoms with Crippen molar-refractivity contribution in [3.63, 3.8) is 0 Å². The maximum Gasteiger partial charge on any atom is 0.0705 e. The third kappa shape index (κ3) is 1.98. The second kappa shape index (κ2) is 3.96. The molecule has 0 aliphatic rings. The van der Waals surface area contributed by atoms with Crippen LogP contribution in [0.15, 0.2) is 36.5 Å². The number of pyridine rings is 1. The zero-order valence-electron chi connectivity index (χ0n) is 8.59. The van der Waals surface area contributed by atoms with Crippen LogP contribution in [0.25, 0.3) is 10.9 Å². The van der Waals surface area contributed by atoms with Crippen LogP contribution >= 0.6 is 0 Å². The van der Waals surface area contributed by atoms with Crippen LogP contribution in [0, 0.1) is 0 Å². The van der Waals surface area contributed by atoms with Gasteiger partial charge in [-0.25, -0.2) is 0 Å². The molecule has 0 radical (unpaired) electrons. The summed E-state index contributed by atoms with van der Waals surface area (Å²) in [7, 11) is 0. The normalized spacial score (nSPS) is 15.1. The smallest absolute Gasteiger partial charge is 0.0705 e. The zero-order valence-corrected chi connectivity index (χ0v) is 8.59. The van der Waals surface area contributed by atoms with Crippen molar-refractivity contribution in [2.45, 2.75) is 19.1 Å². The van der Waals surface area contributed by atoms with Gasteiger partial charge in [-0.15, -0.1) is 0 Å². The van der Waals surface area contributed by atoms with Gasteiger partial charge in [0.15, 0.2) is 0 Å². The number of nitrogens with two attached hydrogens (primary N) is 1. The van der Waals surface area contributed by atoms with Gasteiger partial charge in [-0.3, -0.25) is 4.98 Å². The Kier molecular flexibility index (Phi) is 2.66. The lowest BCUT2D eigenvalue weighted by Gasteiger charge is -2.14. The number of aliphatic hydroxyl groups is 1. The van der Waals surface area contributed by atoms with Crippen LogP contribution in [-0.2, 0) is 0 Å². The van der Waals surface area contributed by atoms with Gasteiger partial charge < -0.3 is 10.8 Å². The van der Waals surface area contributed by atoms with Crippen molar-refractivity contribution in [1.82, 2.24) is 4.98 Å². The van der Waals surface area contributed by atoms with Crippen molar-refractivity contribution in [3.05, 3.63) is 42.1 Å². The number of para-hydroxylation sites is 1. The molecule has 0 bridgehead atoms. The summed E-state index contributed by atoms with van der Waals surface area (Å²) in [6.07, 6.45) is 1.16. The molecular formula is C12H14N2O. The summed E-state index contributed by atoms with van der Waals surface area (Å²) in [5.41, 5.74) is 7.65. The monoisotopic (exact) mass is 202 g/mol. The molecule has 0 fully saturated rings. The topological polar surface area (TPSA) is 59.1 Å². The molecule has 1 aromatic carbocycles. The second-order valence-electron chi connectivity index (χ2n) is 3.73. The quantitative estimate of drug-likeness (QED) is 0.778. The summed E-state index contributed by atoms with van der Waals surface area (Å²) < 4.78 is 0. The van der Waals surface area contributed by atoms with Gasteiger partial charge in [0.2, 0.25) is 0 Å². The Morgan fingerprint density at radius 2 is 2.07 bits per heavy atom. The molecular weight excluding hydrogens is 188 g/mol. The van der Waals surface area contributed by atoms with E-state index in [1.165, 1.54) is 0 Å². The minimum absolute atomic E-state index is 0.373. The molecule has 0 spiro atoms. The van der Waals surface area contributed by atoms with Gasteiger partial charge in [0.25, 0.3) is 0 Å². The number of hydrogen-bond acceptors (Lipinski definition) is 3. The highest BCUT2D eigenvalue weighted by atomic mass is 16.3. The molecule has 3 heteroatoms. The van der Waals surface area contributed by atoms with Crippen molar-refractivity contribution in [2.24, 2.45) is 5.73 Å². The molecule has 3 N–H and O–H groups in total. The van der Waals surface area contributed by atoms with E-state index in [4.69, 9.17) is 5.73 Å². The third-order valence-electron chi connectivity index (χ3n) is 2.52. The number of aliphatic hydroxyl groups excluding tert-OH is 1. The van der Waals surface area contributed by atoms with Gasteiger partial charge in [-0.05, 0) is 24.6 Å². The van der Waals surface area contributed by atoms with Gasteiger partial charge in [-0.2, -0.15) is 0 Å². The van der Waals surface area contributed by atoms with Crippen LogP contribution < -0.4 is 5.73 Å². The van der Waals surface area contributed by atoms with E-state index >= 15 is 0 Å². The standard InChI is InChI=1S/C12H14N2O/c1-8(15)12(13)10-6-9-4-2-3-5-11(9)14-7-10/h2-8,12,15H,13H2,1H3/t8-,12+/m0/s1. The van der Waals surface area contributed by atoms with E-state index in [9.17, 15) is 5.11 Å². The molecule has 0 saturated carbocycles. The van der Waals surface area contributed by atoms with E-state index in [1.807, 2.05) is 30.3 Å². The van der Waals surface area contributed by atoms with Crippen molar-refractivity contribution in [3.8, 4) is 0 Å². The first kappa shape index (κ1) is 10.1. The Morgan fingerprint density at radius 1 is 1.33 bits per heavy atom. The summed E-state index contributed by atoms with van der Waals surface area (Å²) >= 11 is 0. The van der Waals surface area contributed by atoms with E-state index in [0.29, 0.717) is 0 Å². The first-order valence-electron chi connectivity index (χ1n) is 4.97. The summed E-state index contributed by atoms with van der Waals surface area (Å²) in [5, 5.41) is 10.4. The maximum atomic E-state index is 9.39. The number of hydrogen-bond donors (Lipinski definition) is 2. The largest absolute Gasteiger partial charge is 0.391 e. The summed E-state index contributed by atoms with van der Waals surface area (Å²) in [6, 6.07) is 9.45. The second-order valence-corrected chi connectivity index (χ2v) is 3.73. The molecule has 1 heterocycles. The molecule has 0 amide bonds. The number of aromatic nitrogens is 1. The van der Waals surface area contributed by atoms with Crippen LogP contribution in [-0.4, -0.2) is 16.2 Å². The number of rotatable bonds is 2. The molecule has 0 saturated heterocycles. The van der Waals surface area contributed by atoms with Gasteiger partial charge in [0.1, 0.15) is 0 Å². The highest BCUT2D eigenvalue weighted by molar-refractivity contribution is 5.78. The zero-order chi connectivity index (χ0) is 10.8. The Morgan fingerprint density at radius 3 is 2.80 bits per heavy atom. The fourth-order valence-corrected chi connectivity index (χ4v) is 1.55. The minimum atomic E-state index is -0.562. The predicted octanol–water partition coefficient (Wildman–Crippen LogP) is 1.62. The highest BCUT2D eigenvalue weighted by Crippen LogP contribution is 2.18. The Bertz CT molecular complexity index is 468. The fraction of sp³-hybridized carbons (Fsp3) is 0.250. The summed E-state index contributed by atoms with van der Waals surface area (Å²) in [5.74, 6) is 0. The molecule has 78 valence electrons. The van der Waals surface area contributed by atoms with Crippen LogP contribution in [0.4, 0.5) is 0 Å². The fourth-order valence-electron chi connectivity index (χ4n) is 1.55. The number of fused-ring (bicyclic) bond motifs is 1. The minimum Gasteiger partial charge on any atom is -0.391 e. The van der Waals surface area contributed by atoms with Crippen molar-refractivity contribution in [1.29, 1.82) is 0 Å². The molecule has 3 nitrogen and oxygen atoms in total. The Labute approximate surface area is 88.6 Å². The number of benzene rings is 1. The molecule has 0 aliphatic carbocycles. The molecule has 15 heavy (non-hydrogen) atoms. The van der Waals surface area contributed by atoms with Gasteiger partial charge in [0.05, 0.1) is 17.7 Å². The average Bonchev–Trinajstić information content (AvgIpc) is 2.27. The van der Waals surface area contributed by atoms with Crippen molar-refractivity contribution in [2.75, 3.05) is 0 Å². The third-order valence-corrected chi connectivity index (χ3v) is 2.52. The predicted molar refractivity (Wildman–Crippen MR) is 60.4 cm³/mol. The van der Waals surface area contributed by atoms with Gasteiger partial charge in [0, 0.05) is 11.6 Å². The van der Waals surface area contributed by atoms with Crippen LogP contribution in [0.3, 0.4) is 0 Å². The number of nitrogens with zero attached hydrogens (tertiary/aromatic N) is 1. The van der Waals surface area contributed by atoms with E-state index < -0.39 is 6.10 Å². The van der Waals surface area contributed by atoms with Gasteiger partial charge in [-0.1, -0.05) is 18.2 Å². The van der Waals surface area contributed by atoms with E-state index in [0.717, 1.165) is 16.5 Å². The molecule has 0 unspecified atom stereocenters. The van der Waals surface area contributed by atoms with Crippen LogP contribution in [0.2, 0.25) is 0 Å². The lowest BCUT2D eigenvalue weighted by molar-refractivity contribution is 0.164. The highest BCUT2D eigenvalue weighted by Gasteiger charge is 2.12. The first-order chi connectivity index (χ1) is 7.18. The van der Waals surface area contributed by atoms with E-state index in [2.05, 4.69) is 4.98 Å². The molecule has 2 aromatic rings. The summed E-state index contributed by atoms with van der Waals surface area (Å²) in [4.78, 5) is 4.29. The van der Waals surface area contributed by atoms with Crippen molar-refractivity contribution < 1.29 is 5.11 Å². The Balaban J connectivity index is 2.47. The molecule has 2 atom stereocenters. The maximum absolute atomic E-state index is 9.39. The lowest BCUT2D eigenvalue weighted by atomic mass is 10.0. The van der Waals surface area contributed by atoms with Crippen molar-refractivity contribution >= 4 is 10.9 Å².